The zero-order valence-electron chi connectivity index (χ0n) is 12.4. The van der Waals surface area contributed by atoms with E-state index in [2.05, 4.69) is 24.3 Å². The number of anilines is 1. The van der Waals surface area contributed by atoms with E-state index < -0.39 is 0 Å². The Morgan fingerprint density at radius 3 is 2.38 bits per heavy atom. The fraction of sp³-hybridized carbons (Fsp3) is 0.353. The molecule has 1 amide bonds. The van der Waals surface area contributed by atoms with Crippen LogP contribution in [0.4, 0.5) is 5.69 Å². The van der Waals surface area contributed by atoms with E-state index in [1.807, 2.05) is 22.6 Å². The Balaban J connectivity index is 1.80. The number of aryl methyl sites for hydroxylation is 1. The molecule has 110 valence electrons. The number of fused-ring (bicyclic) bond motifs is 1. The molecule has 0 aliphatic carbocycles. The molecule has 1 aliphatic heterocycles. The van der Waals surface area contributed by atoms with E-state index in [0.29, 0.717) is 11.4 Å². The number of aromatic nitrogens is 1. The number of benzene rings is 1. The minimum atomic E-state index is 0.0846. The van der Waals surface area contributed by atoms with E-state index in [1.54, 1.807) is 6.07 Å². The maximum absolute atomic E-state index is 12.7. The quantitative estimate of drug-likeness (QED) is 0.919. The highest BCUT2D eigenvalue weighted by Crippen LogP contribution is 2.18. The van der Waals surface area contributed by atoms with Crippen molar-refractivity contribution in [3.63, 3.8) is 0 Å². The highest BCUT2D eigenvalue weighted by Gasteiger charge is 2.22. The van der Waals surface area contributed by atoms with Gasteiger partial charge in [-0.1, -0.05) is 24.3 Å². The molecule has 0 fully saturated rings. The van der Waals surface area contributed by atoms with E-state index in [1.165, 1.54) is 11.1 Å². The molecule has 0 spiro atoms. The first-order chi connectivity index (χ1) is 10.2. The number of nitrogen functional groups attached to an aromatic ring is 1. The lowest BCUT2D eigenvalue weighted by atomic mass is 10.0. The summed E-state index contributed by atoms with van der Waals surface area (Å²) in [4.78, 5) is 14.7. The third-order valence-corrected chi connectivity index (χ3v) is 4.19. The summed E-state index contributed by atoms with van der Waals surface area (Å²) in [5.41, 5.74) is 9.90. The first-order valence-corrected chi connectivity index (χ1v) is 7.50. The number of hydrogen-bond acceptors (Lipinski definition) is 2. The zero-order chi connectivity index (χ0) is 14.8. The number of rotatable bonds is 2. The molecule has 21 heavy (non-hydrogen) atoms. The molecule has 2 heterocycles. The molecule has 0 bridgehead atoms. The maximum atomic E-state index is 12.7. The second-order valence-electron chi connectivity index (χ2n) is 5.51. The van der Waals surface area contributed by atoms with Gasteiger partial charge < -0.3 is 15.2 Å². The maximum Gasteiger partial charge on any atom is 0.270 e. The minimum absolute atomic E-state index is 0.0846. The largest absolute Gasteiger partial charge is 0.397 e. The van der Waals surface area contributed by atoms with Crippen LogP contribution < -0.4 is 5.73 Å². The first-order valence-electron chi connectivity index (χ1n) is 7.50. The highest BCUT2D eigenvalue weighted by atomic mass is 16.2. The molecular weight excluding hydrogens is 262 g/mol. The molecule has 2 aromatic rings. The molecule has 0 radical (unpaired) electrons. The van der Waals surface area contributed by atoms with Gasteiger partial charge in [0.15, 0.2) is 0 Å². The summed E-state index contributed by atoms with van der Waals surface area (Å²) in [6.07, 6.45) is 3.67. The predicted octanol–water partition coefficient (Wildman–Crippen LogP) is 2.33. The van der Waals surface area contributed by atoms with Gasteiger partial charge in [-0.2, -0.15) is 0 Å². The smallest absolute Gasteiger partial charge is 0.270 e. The van der Waals surface area contributed by atoms with Crippen LogP contribution in [-0.4, -0.2) is 28.5 Å². The summed E-state index contributed by atoms with van der Waals surface area (Å²) < 4.78 is 1.93. The molecule has 1 aromatic heterocycles. The summed E-state index contributed by atoms with van der Waals surface area (Å²) in [7, 11) is 0. The third-order valence-electron chi connectivity index (χ3n) is 4.19. The second kappa shape index (κ2) is 5.64. The number of hydrogen-bond donors (Lipinski definition) is 1. The summed E-state index contributed by atoms with van der Waals surface area (Å²) in [6, 6.07) is 10.2. The lowest BCUT2D eigenvalue weighted by Crippen LogP contribution is -2.34. The van der Waals surface area contributed by atoms with Crippen LogP contribution in [0.2, 0.25) is 0 Å². The Bertz CT molecular complexity index is 633. The predicted molar refractivity (Wildman–Crippen MR) is 84.3 cm³/mol. The van der Waals surface area contributed by atoms with Crippen LogP contribution in [0.5, 0.6) is 0 Å². The van der Waals surface area contributed by atoms with Crippen molar-refractivity contribution < 1.29 is 4.79 Å². The topological polar surface area (TPSA) is 51.3 Å². The van der Waals surface area contributed by atoms with E-state index in [4.69, 9.17) is 5.73 Å². The SMILES string of the molecule is CCn1cc(N)cc1C(=O)N1CCc2ccccc2CC1. The van der Waals surface area contributed by atoms with Crippen molar-refractivity contribution >= 4 is 11.6 Å². The molecule has 0 atom stereocenters. The molecule has 0 unspecified atom stereocenters. The molecule has 1 aromatic carbocycles. The number of nitrogens with zero attached hydrogens (tertiary/aromatic N) is 2. The second-order valence-corrected chi connectivity index (χ2v) is 5.51. The van der Waals surface area contributed by atoms with Gasteiger partial charge in [-0.25, -0.2) is 0 Å². The normalized spacial score (nSPS) is 14.6. The van der Waals surface area contributed by atoms with Crippen molar-refractivity contribution in [3.05, 3.63) is 53.3 Å². The molecule has 0 saturated carbocycles. The summed E-state index contributed by atoms with van der Waals surface area (Å²) in [6.45, 7) is 4.32. The zero-order valence-corrected chi connectivity index (χ0v) is 12.4. The van der Waals surface area contributed by atoms with Gasteiger partial charge in [-0.3, -0.25) is 4.79 Å². The van der Waals surface area contributed by atoms with Crippen molar-refractivity contribution in [2.45, 2.75) is 26.3 Å². The molecule has 3 rings (SSSR count). The van der Waals surface area contributed by atoms with Gasteiger partial charge in [0, 0.05) is 25.8 Å². The van der Waals surface area contributed by atoms with Crippen LogP contribution in [-0.2, 0) is 19.4 Å². The molecule has 1 aliphatic rings. The Morgan fingerprint density at radius 1 is 1.19 bits per heavy atom. The van der Waals surface area contributed by atoms with Crippen LogP contribution in [0.1, 0.15) is 28.5 Å². The number of amides is 1. The molecule has 4 heteroatoms. The molecule has 4 nitrogen and oxygen atoms in total. The summed E-state index contributed by atoms with van der Waals surface area (Å²) in [5.74, 6) is 0.0846. The molecular formula is C17H21N3O. The Kier molecular flexibility index (Phi) is 3.69. The van der Waals surface area contributed by atoms with Gasteiger partial charge in [-0.05, 0) is 37.0 Å². The minimum Gasteiger partial charge on any atom is -0.397 e. The fourth-order valence-corrected chi connectivity index (χ4v) is 3.01. The van der Waals surface area contributed by atoms with Crippen molar-refractivity contribution in [3.8, 4) is 0 Å². The van der Waals surface area contributed by atoms with Gasteiger partial charge in [0.25, 0.3) is 5.91 Å². The lowest BCUT2D eigenvalue weighted by Gasteiger charge is -2.20. The molecule has 2 N–H and O–H groups in total. The summed E-state index contributed by atoms with van der Waals surface area (Å²) >= 11 is 0. The van der Waals surface area contributed by atoms with Crippen molar-refractivity contribution in [2.24, 2.45) is 0 Å². The Morgan fingerprint density at radius 2 is 1.81 bits per heavy atom. The van der Waals surface area contributed by atoms with Crippen LogP contribution in [0.3, 0.4) is 0 Å². The van der Waals surface area contributed by atoms with Gasteiger partial charge >= 0.3 is 0 Å². The van der Waals surface area contributed by atoms with Crippen molar-refractivity contribution in [2.75, 3.05) is 18.8 Å². The van der Waals surface area contributed by atoms with E-state index in [0.717, 1.165) is 32.5 Å². The number of carbonyl (C=O) groups excluding carboxylic acids is 1. The van der Waals surface area contributed by atoms with Crippen LogP contribution in [0, 0.1) is 0 Å². The average molecular weight is 283 g/mol. The van der Waals surface area contributed by atoms with Gasteiger partial charge in [0.05, 0.1) is 5.69 Å². The first kappa shape index (κ1) is 13.7. The highest BCUT2D eigenvalue weighted by molar-refractivity contribution is 5.94. The summed E-state index contributed by atoms with van der Waals surface area (Å²) in [5, 5.41) is 0. The van der Waals surface area contributed by atoms with Gasteiger partial charge in [0.1, 0.15) is 5.69 Å². The standard InChI is InChI=1S/C17H21N3O/c1-2-19-12-15(18)11-16(19)17(21)20-9-7-13-5-3-4-6-14(13)8-10-20/h3-6,11-12H,2,7-10,18H2,1H3. The number of carbonyl (C=O) groups is 1. The van der Waals surface area contributed by atoms with E-state index in [-0.39, 0.29) is 5.91 Å². The van der Waals surface area contributed by atoms with Crippen LogP contribution in [0.15, 0.2) is 36.5 Å². The van der Waals surface area contributed by atoms with E-state index in [9.17, 15) is 4.79 Å². The van der Waals surface area contributed by atoms with Gasteiger partial charge in [0.2, 0.25) is 0 Å². The van der Waals surface area contributed by atoms with E-state index >= 15 is 0 Å². The Hall–Kier alpha value is -2.23. The number of nitrogens with two attached hydrogens (primary N) is 1. The lowest BCUT2D eigenvalue weighted by molar-refractivity contribution is 0.0752. The van der Waals surface area contributed by atoms with Crippen LogP contribution in [0.25, 0.3) is 0 Å². The van der Waals surface area contributed by atoms with Crippen LogP contribution >= 0.6 is 0 Å². The average Bonchev–Trinajstić information content (AvgIpc) is 2.75. The van der Waals surface area contributed by atoms with Crippen molar-refractivity contribution in [1.29, 1.82) is 0 Å². The third kappa shape index (κ3) is 2.66. The van der Waals surface area contributed by atoms with Crippen molar-refractivity contribution in [1.82, 2.24) is 9.47 Å². The monoisotopic (exact) mass is 283 g/mol. The van der Waals surface area contributed by atoms with Gasteiger partial charge in [-0.15, -0.1) is 0 Å². The fourth-order valence-electron chi connectivity index (χ4n) is 3.01. The molecule has 0 saturated heterocycles. The Labute approximate surface area is 125 Å².